The number of hydrogen-bond donors (Lipinski definition) is 0. The van der Waals surface area contributed by atoms with E-state index in [0.29, 0.717) is 10.3 Å². The first-order chi connectivity index (χ1) is 6.75. The first-order valence-electron chi connectivity index (χ1n) is 4.71. The molecule has 1 atom stereocenters. The quantitative estimate of drug-likeness (QED) is 0.606. The van der Waals surface area contributed by atoms with Crippen molar-refractivity contribution in [3.05, 3.63) is 35.9 Å². The number of halogens is 1. The number of carbonyl (C=O) groups is 1. The lowest BCUT2D eigenvalue weighted by Gasteiger charge is -2.15. The van der Waals surface area contributed by atoms with E-state index in [1.807, 2.05) is 23.1 Å². The number of amides is 1. The normalized spacial score (nSPS) is 21.6. The van der Waals surface area contributed by atoms with Gasteiger partial charge in [0.1, 0.15) is 0 Å². The van der Waals surface area contributed by atoms with E-state index in [0.717, 1.165) is 13.1 Å². The predicted octanol–water partition coefficient (Wildman–Crippen LogP) is 2.22. The van der Waals surface area contributed by atoms with Crippen molar-refractivity contribution in [1.82, 2.24) is 4.90 Å². The maximum absolute atomic E-state index is 11.5. The van der Waals surface area contributed by atoms with Crippen LogP contribution in [0.25, 0.3) is 0 Å². The number of benzene rings is 1. The van der Waals surface area contributed by atoms with Crippen molar-refractivity contribution in [3.8, 4) is 0 Å². The zero-order valence-corrected chi connectivity index (χ0v) is 9.98. The molecule has 0 unspecified atom stereocenters. The Hall–Kier alpha value is -0.580. The SMILES string of the molecule is O=C1C[C@@H](I)CN1Cc1ccccc1. The van der Waals surface area contributed by atoms with Crippen LogP contribution in [0, 0.1) is 0 Å². The Morgan fingerprint density at radius 2 is 2.07 bits per heavy atom. The van der Waals surface area contributed by atoms with E-state index >= 15 is 0 Å². The lowest BCUT2D eigenvalue weighted by Crippen LogP contribution is -2.24. The van der Waals surface area contributed by atoms with Gasteiger partial charge in [0.2, 0.25) is 5.91 Å². The van der Waals surface area contributed by atoms with E-state index in [1.54, 1.807) is 0 Å². The highest BCUT2D eigenvalue weighted by Crippen LogP contribution is 2.20. The summed E-state index contributed by atoms with van der Waals surface area (Å²) >= 11 is 2.34. The highest BCUT2D eigenvalue weighted by atomic mass is 127. The van der Waals surface area contributed by atoms with Gasteiger partial charge in [-0.2, -0.15) is 0 Å². The third-order valence-corrected chi connectivity index (χ3v) is 3.22. The maximum atomic E-state index is 11.5. The Labute approximate surface area is 97.4 Å². The Balaban J connectivity index is 2.02. The molecule has 1 aromatic carbocycles. The molecule has 0 bridgehead atoms. The number of hydrogen-bond acceptors (Lipinski definition) is 1. The fourth-order valence-corrected chi connectivity index (χ4v) is 2.53. The molecule has 1 heterocycles. The molecular formula is C11H12INO. The van der Waals surface area contributed by atoms with Crippen molar-refractivity contribution in [2.75, 3.05) is 6.54 Å². The lowest BCUT2D eigenvalue weighted by atomic mass is 10.2. The van der Waals surface area contributed by atoms with Gasteiger partial charge in [-0.05, 0) is 5.56 Å². The largest absolute Gasteiger partial charge is 0.337 e. The first-order valence-corrected chi connectivity index (χ1v) is 5.96. The molecule has 1 aromatic rings. The molecule has 0 radical (unpaired) electrons. The smallest absolute Gasteiger partial charge is 0.224 e. The van der Waals surface area contributed by atoms with Crippen LogP contribution in [0.4, 0.5) is 0 Å². The summed E-state index contributed by atoms with van der Waals surface area (Å²) in [5.41, 5.74) is 1.21. The summed E-state index contributed by atoms with van der Waals surface area (Å²) < 4.78 is 0.490. The van der Waals surface area contributed by atoms with Crippen LogP contribution in [0.15, 0.2) is 30.3 Å². The van der Waals surface area contributed by atoms with Gasteiger partial charge in [0, 0.05) is 23.4 Å². The van der Waals surface area contributed by atoms with E-state index in [4.69, 9.17) is 0 Å². The molecule has 0 N–H and O–H groups in total. The van der Waals surface area contributed by atoms with Crippen LogP contribution in [-0.4, -0.2) is 21.3 Å². The molecule has 0 aromatic heterocycles. The lowest BCUT2D eigenvalue weighted by molar-refractivity contribution is -0.128. The first kappa shape index (κ1) is 9.96. The standard InChI is InChI=1S/C11H12INO/c12-10-6-11(14)13(8-10)7-9-4-2-1-3-5-9/h1-5,10H,6-8H2/t10-/m1/s1. The van der Waals surface area contributed by atoms with Gasteiger partial charge in [-0.1, -0.05) is 52.9 Å². The van der Waals surface area contributed by atoms with Crippen LogP contribution < -0.4 is 0 Å². The van der Waals surface area contributed by atoms with Crippen LogP contribution in [0.3, 0.4) is 0 Å². The predicted molar refractivity (Wildman–Crippen MR) is 64.3 cm³/mol. The average molecular weight is 301 g/mol. The molecule has 1 fully saturated rings. The molecule has 1 saturated heterocycles. The summed E-state index contributed by atoms with van der Waals surface area (Å²) in [7, 11) is 0. The molecule has 3 heteroatoms. The second-order valence-electron chi connectivity index (χ2n) is 3.56. The van der Waals surface area contributed by atoms with Gasteiger partial charge in [-0.15, -0.1) is 0 Å². The van der Waals surface area contributed by atoms with Crippen LogP contribution in [0.2, 0.25) is 0 Å². The molecule has 14 heavy (non-hydrogen) atoms. The average Bonchev–Trinajstić information content (AvgIpc) is 2.47. The zero-order valence-electron chi connectivity index (χ0n) is 7.82. The molecule has 74 valence electrons. The van der Waals surface area contributed by atoms with E-state index in [2.05, 4.69) is 34.7 Å². The van der Waals surface area contributed by atoms with Crippen LogP contribution in [0.5, 0.6) is 0 Å². The van der Waals surface area contributed by atoms with Gasteiger partial charge in [0.15, 0.2) is 0 Å². The van der Waals surface area contributed by atoms with Gasteiger partial charge in [-0.25, -0.2) is 0 Å². The van der Waals surface area contributed by atoms with E-state index in [9.17, 15) is 4.79 Å². The fraction of sp³-hybridized carbons (Fsp3) is 0.364. The third-order valence-electron chi connectivity index (χ3n) is 2.38. The second kappa shape index (κ2) is 4.29. The van der Waals surface area contributed by atoms with Gasteiger partial charge in [-0.3, -0.25) is 4.79 Å². The Bertz CT molecular complexity index is 325. The number of rotatable bonds is 2. The zero-order chi connectivity index (χ0) is 9.97. The molecule has 1 aliphatic heterocycles. The Kier molecular flexibility index (Phi) is 3.05. The molecule has 0 aliphatic carbocycles. The second-order valence-corrected chi connectivity index (χ2v) is 5.32. The summed E-state index contributed by atoms with van der Waals surface area (Å²) in [5, 5.41) is 0. The maximum Gasteiger partial charge on any atom is 0.224 e. The van der Waals surface area contributed by atoms with Crippen molar-refractivity contribution in [1.29, 1.82) is 0 Å². The van der Waals surface area contributed by atoms with Crippen molar-refractivity contribution in [2.45, 2.75) is 16.9 Å². The van der Waals surface area contributed by atoms with Gasteiger partial charge < -0.3 is 4.90 Å². The molecule has 2 nitrogen and oxygen atoms in total. The number of nitrogens with zero attached hydrogens (tertiary/aromatic N) is 1. The minimum atomic E-state index is 0.285. The van der Waals surface area contributed by atoms with E-state index in [1.165, 1.54) is 5.56 Å². The summed E-state index contributed by atoms with van der Waals surface area (Å²) in [4.78, 5) is 13.4. The summed E-state index contributed by atoms with van der Waals surface area (Å²) in [6, 6.07) is 10.1. The molecule has 0 saturated carbocycles. The highest BCUT2D eigenvalue weighted by Gasteiger charge is 2.27. The van der Waals surface area contributed by atoms with Gasteiger partial charge in [0.25, 0.3) is 0 Å². The summed E-state index contributed by atoms with van der Waals surface area (Å²) in [5.74, 6) is 0.285. The number of carbonyl (C=O) groups excluding carboxylic acids is 1. The van der Waals surface area contributed by atoms with Crippen molar-refractivity contribution in [3.63, 3.8) is 0 Å². The van der Waals surface area contributed by atoms with Crippen molar-refractivity contribution in [2.24, 2.45) is 0 Å². The van der Waals surface area contributed by atoms with Crippen molar-refractivity contribution < 1.29 is 4.79 Å². The Morgan fingerprint density at radius 1 is 1.36 bits per heavy atom. The minimum Gasteiger partial charge on any atom is -0.337 e. The molecule has 1 amide bonds. The fourth-order valence-electron chi connectivity index (χ4n) is 1.68. The molecule has 1 aliphatic rings. The Morgan fingerprint density at radius 3 is 2.64 bits per heavy atom. The van der Waals surface area contributed by atoms with Crippen molar-refractivity contribution >= 4 is 28.5 Å². The number of alkyl halides is 1. The van der Waals surface area contributed by atoms with Gasteiger partial charge >= 0.3 is 0 Å². The van der Waals surface area contributed by atoms with Crippen LogP contribution in [0.1, 0.15) is 12.0 Å². The molecular weight excluding hydrogens is 289 g/mol. The number of likely N-dealkylation sites (tertiary alicyclic amines) is 1. The topological polar surface area (TPSA) is 20.3 Å². The van der Waals surface area contributed by atoms with Gasteiger partial charge in [0.05, 0.1) is 0 Å². The summed E-state index contributed by atoms with van der Waals surface area (Å²) in [6.07, 6.45) is 0.702. The van der Waals surface area contributed by atoms with Crippen LogP contribution in [-0.2, 0) is 11.3 Å². The molecule has 0 spiro atoms. The minimum absolute atomic E-state index is 0.285. The van der Waals surface area contributed by atoms with E-state index < -0.39 is 0 Å². The third kappa shape index (κ3) is 2.26. The van der Waals surface area contributed by atoms with Crippen LogP contribution >= 0.6 is 22.6 Å². The monoisotopic (exact) mass is 301 g/mol. The van der Waals surface area contributed by atoms with E-state index in [-0.39, 0.29) is 5.91 Å². The highest BCUT2D eigenvalue weighted by molar-refractivity contribution is 14.1. The molecule has 2 rings (SSSR count). The summed E-state index contributed by atoms with van der Waals surface area (Å²) in [6.45, 7) is 1.66.